The molecule has 0 N–H and O–H groups in total. The summed E-state index contributed by atoms with van der Waals surface area (Å²) in [5.74, 6) is 0. The number of allylic oxidation sites excluding steroid dienone is 1. The molecular formula is C7H11OS. The highest BCUT2D eigenvalue weighted by atomic mass is 32.1. The first-order valence-electron chi connectivity index (χ1n) is 3.12. The van der Waals surface area contributed by atoms with Crippen molar-refractivity contribution < 1.29 is 4.79 Å². The quantitative estimate of drug-likeness (QED) is 0.555. The fourth-order valence-electron chi connectivity index (χ4n) is 0.618. The molecular weight excluding hydrogens is 132 g/mol. The Kier molecular flexibility index (Phi) is 4.32. The zero-order valence-electron chi connectivity index (χ0n) is 5.81. The molecule has 0 aliphatic heterocycles. The summed E-state index contributed by atoms with van der Waals surface area (Å²) in [5.41, 5.74) is 0.771. The van der Waals surface area contributed by atoms with E-state index in [0.717, 1.165) is 18.4 Å². The third-order valence-electron chi connectivity index (χ3n) is 1.09. The van der Waals surface area contributed by atoms with E-state index >= 15 is 0 Å². The second-order valence-electron chi connectivity index (χ2n) is 1.78. The van der Waals surface area contributed by atoms with Crippen LogP contribution in [0.2, 0.25) is 0 Å². The van der Waals surface area contributed by atoms with E-state index in [0.29, 0.717) is 0 Å². The molecule has 1 nitrogen and oxygen atoms in total. The molecule has 0 amide bonds. The van der Waals surface area contributed by atoms with E-state index in [1.165, 1.54) is 0 Å². The summed E-state index contributed by atoms with van der Waals surface area (Å²) in [4.78, 5) is 10.5. The first-order valence-corrected chi connectivity index (χ1v) is 3.53. The molecule has 0 aromatic rings. The summed E-state index contributed by atoms with van der Waals surface area (Å²) in [6.07, 6.45) is 3.54. The molecule has 0 saturated carbocycles. The van der Waals surface area contributed by atoms with Gasteiger partial charge in [-0.2, -0.15) is 0 Å². The van der Waals surface area contributed by atoms with E-state index in [2.05, 4.69) is 12.6 Å². The van der Waals surface area contributed by atoms with Crippen LogP contribution in [0.15, 0.2) is 11.6 Å². The Morgan fingerprint density at radius 3 is 2.22 bits per heavy atom. The van der Waals surface area contributed by atoms with Crippen molar-refractivity contribution >= 4 is 17.7 Å². The van der Waals surface area contributed by atoms with Crippen molar-refractivity contribution in [2.75, 3.05) is 0 Å². The summed E-state index contributed by atoms with van der Waals surface area (Å²) in [5, 5.41) is -0.209. The fourth-order valence-corrected chi connectivity index (χ4v) is 0.846. The van der Waals surface area contributed by atoms with Gasteiger partial charge in [0.1, 0.15) is 0 Å². The molecule has 0 atom stereocenters. The summed E-state index contributed by atoms with van der Waals surface area (Å²) >= 11 is 4.46. The molecule has 0 bridgehead atoms. The van der Waals surface area contributed by atoms with Crippen LogP contribution in [0.5, 0.6) is 0 Å². The van der Waals surface area contributed by atoms with Crippen LogP contribution in [-0.2, 0) is 4.79 Å². The van der Waals surface area contributed by atoms with Crippen molar-refractivity contribution in [3.63, 3.8) is 0 Å². The van der Waals surface area contributed by atoms with Crippen LogP contribution in [0.1, 0.15) is 26.7 Å². The minimum absolute atomic E-state index is 0.209. The first-order chi connectivity index (χ1) is 4.22. The second kappa shape index (κ2) is 4.50. The average molecular weight is 143 g/mol. The summed E-state index contributed by atoms with van der Waals surface area (Å²) in [6, 6.07) is 0. The number of carbonyl (C=O) groups excluding carboxylic acids is 1. The molecule has 0 unspecified atom stereocenters. The number of rotatable bonds is 3. The lowest BCUT2D eigenvalue weighted by Crippen LogP contribution is -1.90. The minimum Gasteiger partial charge on any atom is -0.277 e. The molecule has 1 radical (unpaired) electrons. The summed E-state index contributed by atoms with van der Waals surface area (Å²) < 4.78 is 0. The van der Waals surface area contributed by atoms with Crippen molar-refractivity contribution in [2.45, 2.75) is 26.7 Å². The molecule has 9 heavy (non-hydrogen) atoms. The molecule has 0 saturated heterocycles. The van der Waals surface area contributed by atoms with Gasteiger partial charge < -0.3 is 0 Å². The molecule has 0 fully saturated rings. The van der Waals surface area contributed by atoms with E-state index < -0.39 is 0 Å². The largest absolute Gasteiger partial charge is 0.277 e. The van der Waals surface area contributed by atoms with Crippen LogP contribution < -0.4 is 0 Å². The summed E-state index contributed by atoms with van der Waals surface area (Å²) in [6.45, 7) is 3.93. The van der Waals surface area contributed by atoms with Gasteiger partial charge in [0.15, 0.2) is 0 Å². The van der Waals surface area contributed by atoms with Crippen LogP contribution in [0.4, 0.5) is 0 Å². The normalized spacial score (nSPS) is 11.6. The van der Waals surface area contributed by atoms with Gasteiger partial charge in [-0.1, -0.05) is 19.9 Å². The van der Waals surface area contributed by atoms with Crippen LogP contribution in [0.3, 0.4) is 0 Å². The average Bonchev–Trinajstić information content (AvgIpc) is 1.82. The molecule has 51 valence electrons. The smallest absolute Gasteiger partial charge is 0.245 e. The number of hydrogen-bond acceptors (Lipinski definition) is 1. The third-order valence-corrected chi connectivity index (χ3v) is 1.36. The Bertz CT molecular complexity index is 127. The van der Waals surface area contributed by atoms with Gasteiger partial charge in [-0.3, -0.25) is 4.79 Å². The van der Waals surface area contributed by atoms with Crippen molar-refractivity contribution in [1.29, 1.82) is 0 Å². The molecule has 0 spiro atoms. The Morgan fingerprint density at radius 1 is 1.56 bits per heavy atom. The molecule has 2 heteroatoms. The van der Waals surface area contributed by atoms with E-state index in [1.807, 2.05) is 19.9 Å². The van der Waals surface area contributed by atoms with Gasteiger partial charge >= 0.3 is 0 Å². The van der Waals surface area contributed by atoms with Crippen LogP contribution >= 0.6 is 12.6 Å². The molecule has 0 aromatic heterocycles. The van der Waals surface area contributed by atoms with E-state index in [4.69, 9.17) is 0 Å². The maximum atomic E-state index is 10.5. The Balaban J connectivity index is 3.98. The van der Waals surface area contributed by atoms with E-state index in [-0.39, 0.29) is 5.12 Å². The number of carbonyl (C=O) groups is 1. The molecule has 0 aliphatic carbocycles. The Hall–Kier alpha value is -0.370. The highest BCUT2D eigenvalue weighted by molar-refractivity contribution is 7.97. The lowest BCUT2D eigenvalue weighted by atomic mass is 10.2. The third kappa shape index (κ3) is 3.25. The van der Waals surface area contributed by atoms with Crippen molar-refractivity contribution in [1.82, 2.24) is 0 Å². The topological polar surface area (TPSA) is 17.1 Å². The standard InChI is InChI=1S/C7H11OS/c1-3-5-6(4-2)7(8)9/h5H,3-4H2,1-2H3/b6-5+. The maximum Gasteiger partial charge on any atom is 0.245 e. The molecule has 0 aromatic carbocycles. The Labute approximate surface area is 61.6 Å². The van der Waals surface area contributed by atoms with Crippen molar-refractivity contribution in [3.8, 4) is 0 Å². The minimum atomic E-state index is -0.209. The molecule has 0 heterocycles. The van der Waals surface area contributed by atoms with Crippen LogP contribution in [-0.4, -0.2) is 5.12 Å². The SMILES string of the molecule is CC/C=C(\CC)C(=O)[S]. The highest BCUT2D eigenvalue weighted by Gasteiger charge is 1.99. The maximum absolute atomic E-state index is 10.5. The Morgan fingerprint density at radius 2 is 2.11 bits per heavy atom. The van der Waals surface area contributed by atoms with E-state index in [9.17, 15) is 4.79 Å². The van der Waals surface area contributed by atoms with Crippen molar-refractivity contribution in [2.24, 2.45) is 0 Å². The highest BCUT2D eigenvalue weighted by Crippen LogP contribution is 2.05. The van der Waals surface area contributed by atoms with Crippen LogP contribution in [0.25, 0.3) is 0 Å². The zero-order chi connectivity index (χ0) is 7.28. The van der Waals surface area contributed by atoms with Gasteiger partial charge in [-0.05, 0) is 25.5 Å². The van der Waals surface area contributed by atoms with Gasteiger partial charge in [-0.25, -0.2) is 0 Å². The lowest BCUT2D eigenvalue weighted by molar-refractivity contribution is -0.107. The van der Waals surface area contributed by atoms with E-state index in [1.54, 1.807) is 0 Å². The predicted octanol–water partition coefficient (Wildman–Crippen LogP) is 2.46. The van der Waals surface area contributed by atoms with Gasteiger partial charge in [0, 0.05) is 5.57 Å². The second-order valence-corrected chi connectivity index (χ2v) is 2.15. The van der Waals surface area contributed by atoms with Gasteiger partial charge in [0.2, 0.25) is 5.12 Å². The molecule has 0 aliphatic rings. The van der Waals surface area contributed by atoms with Gasteiger partial charge in [0.05, 0.1) is 0 Å². The van der Waals surface area contributed by atoms with Gasteiger partial charge in [0.25, 0.3) is 0 Å². The monoisotopic (exact) mass is 143 g/mol. The van der Waals surface area contributed by atoms with Crippen LogP contribution in [0, 0.1) is 0 Å². The van der Waals surface area contributed by atoms with Crippen molar-refractivity contribution in [3.05, 3.63) is 11.6 Å². The number of hydrogen-bond donors (Lipinski definition) is 0. The summed E-state index contributed by atoms with van der Waals surface area (Å²) in [7, 11) is 0. The molecule has 0 rings (SSSR count). The first kappa shape index (κ1) is 8.63. The predicted molar refractivity (Wildman–Crippen MR) is 41.3 cm³/mol. The fraction of sp³-hybridized carbons (Fsp3) is 0.571. The van der Waals surface area contributed by atoms with Gasteiger partial charge in [-0.15, -0.1) is 0 Å². The lowest BCUT2D eigenvalue weighted by Gasteiger charge is -1.92. The zero-order valence-corrected chi connectivity index (χ0v) is 6.62.